The number of hydrogen-bond donors (Lipinski definition) is 2. The maximum Gasteiger partial charge on any atom is 0.269 e. The molecule has 0 fully saturated rings. The van der Waals surface area contributed by atoms with Crippen LogP contribution in [0.2, 0.25) is 0 Å². The van der Waals surface area contributed by atoms with Gasteiger partial charge in [-0.05, 0) is 38.5 Å². The fourth-order valence-corrected chi connectivity index (χ4v) is 2.55. The lowest BCUT2D eigenvalue weighted by Gasteiger charge is -2.21. The van der Waals surface area contributed by atoms with E-state index in [-0.39, 0.29) is 11.2 Å². The molecule has 0 saturated carbocycles. The molecule has 0 radical (unpaired) electrons. The van der Waals surface area contributed by atoms with Gasteiger partial charge in [-0.15, -0.1) is 0 Å². The first kappa shape index (κ1) is 19.2. The molecule has 2 aromatic heterocycles. The fraction of sp³-hybridized carbons (Fsp3) is 0.250. The second kappa shape index (κ2) is 7.99. The summed E-state index contributed by atoms with van der Waals surface area (Å²) in [6.45, 7) is 6.48. The number of rotatable bonds is 6. The predicted octanol–water partition coefficient (Wildman–Crippen LogP) is 4.27. The van der Waals surface area contributed by atoms with Gasteiger partial charge in [0.25, 0.3) is 5.69 Å². The van der Waals surface area contributed by atoms with Crippen molar-refractivity contribution in [2.75, 3.05) is 10.6 Å². The van der Waals surface area contributed by atoms with Gasteiger partial charge in [-0.1, -0.05) is 18.2 Å². The molecule has 3 aromatic rings. The summed E-state index contributed by atoms with van der Waals surface area (Å²) in [5, 5.41) is 17.5. The Balaban J connectivity index is 1.88. The molecule has 0 bridgehead atoms. The van der Waals surface area contributed by atoms with E-state index in [1.165, 1.54) is 6.07 Å². The van der Waals surface area contributed by atoms with Gasteiger partial charge in [-0.3, -0.25) is 15.1 Å². The van der Waals surface area contributed by atoms with E-state index in [4.69, 9.17) is 0 Å². The lowest BCUT2D eigenvalue weighted by molar-refractivity contribution is -0.384. The standard InChI is InChI=1S/C20H22N6O2/c1-20(2,3)25-19-23-17(16-9-4-5-10-21-16)12-18(24-19)22-13-14-7-6-8-15(11-14)26(27)28/h4-12H,13H2,1-3H3,(H2,22,23,24,25). The van der Waals surface area contributed by atoms with E-state index >= 15 is 0 Å². The zero-order valence-electron chi connectivity index (χ0n) is 16.0. The van der Waals surface area contributed by atoms with Crippen LogP contribution in [0.5, 0.6) is 0 Å². The second-order valence-corrected chi connectivity index (χ2v) is 7.33. The quantitative estimate of drug-likeness (QED) is 0.487. The third-order valence-electron chi connectivity index (χ3n) is 3.74. The molecule has 0 aliphatic rings. The van der Waals surface area contributed by atoms with Crippen molar-refractivity contribution in [2.24, 2.45) is 0 Å². The SMILES string of the molecule is CC(C)(C)Nc1nc(NCc2cccc([N+](=O)[O-])c2)cc(-c2ccccn2)n1. The van der Waals surface area contributed by atoms with Crippen molar-refractivity contribution in [3.63, 3.8) is 0 Å². The molecule has 0 aliphatic carbocycles. The Kier molecular flexibility index (Phi) is 5.49. The van der Waals surface area contributed by atoms with Gasteiger partial charge in [0.05, 0.1) is 16.3 Å². The van der Waals surface area contributed by atoms with Gasteiger partial charge >= 0.3 is 0 Å². The summed E-state index contributed by atoms with van der Waals surface area (Å²) in [6.07, 6.45) is 1.71. The first-order valence-electron chi connectivity index (χ1n) is 8.86. The van der Waals surface area contributed by atoms with Crippen molar-refractivity contribution in [1.82, 2.24) is 15.0 Å². The van der Waals surface area contributed by atoms with E-state index < -0.39 is 4.92 Å². The largest absolute Gasteiger partial charge is 0.366 e. The zero-order chi connectivity index (χ0) is 20.1. The van der Waals surface area contributed by atoms with Crippen LogP contribution in [0.3, 0.4) is 0 Å². The number of hydrogen-bond acceptors (Lipinski definition) is 7. The number of nitrogens with zero attached hydrogens (tertiary/aromatic N) is 4. The predicted molar refractivity (Wildman–Crippen MR) is 109 cm³/mol. The van der Waals surface area contributed by atoms with Crippen LogP contribution in [-0.2, 0) is 6.54 Å². The normalized spacial score (nSPS) is 11.1. The number of non-ortho nitro benzene ring substituents is 1. The lowest BCUT2D eigenvalue weighted by Crippen LogP contribution is -2.27. The van der Waals surface area contributed by atoms with Gasteiger partial charge < -0.3 is 10.6 Å². The molecule has 144 valence electrons. The molecular weight excluding hydrogens is 356 g/mol. The molecule has 28 heavy (non-hydrogen) atoms. The van der Waals surface area contributed by atoms with Crippen LogP contribution in [0, 0.1) is 10.1 Å². The van der Waals surface area contributed by atoms with Crippen molar-refractivity contribution >= 4 is 17.5 Å². The van der Waals surface area contributed by atoms with Crippen LogP contribution in [0.4, 0.5) is 17.5 Å². The Bertz CT molecular complexity index is 970. The summed E-state index contributed by atoms with van der Waals surface area (Å²) < 4.78 is 0. The molecule has 2 N–H and O–H groups in total. The van der Waals surface area contributed by atoms with E-state index in [0.29, 0.717) is 24.0 Å². The Morgan fingerprint density at radius 1 is 1.04 bits per heavy atom. The maximum absolute atomic E-state index is 11.0. The number of nitro groups is 1. The minimum absolute atomic E-state index is 0.0613. The molecule has 8 heteroatoms. The Morgan fingerprint density at radius 2 is 1.86 bits per heavy atom. The van der Waals surface area contributed by atoms with Gasteiger partial charge in [-0.25, -0.2) is 4.98 Å². The summed E-state index contributed by atoms with van der Waals surface area (Å²) in [4.78, 5) is 24.0. The molecule has 0 spiro atoms. The smallest absolute Gasteiger partial charge is 0.269 e. The van der Waals surface area contributed by atoms with Crippen LogP contribution in [0.1, 0.15) is 26.3 Å². The van der Waals surface area contributed by atoms with Crippen molar-refractivity contribution < 1.29 is 4.92 Å². The van der Waals surface area contributed by atoms with Crippen LogP contribution in [0.15, 0.2) is 54.7 Å². The molecule has 3 rings (SSSR count). The van der Waals surface area contributed by atoms with Gasteiger partial charge in [-0.2, -0.15) is 4.98 Å². The lowest BCUT2D eigenvalue weighted by atomic mass is 10.1. The van der Waals surface area contributed by atoms with E-state index in [9.17, 15) is 10.1 Å². The fourth-order valence-electron chi connectivity index (χ4n) is 2.55. The molecule has 0 atom stereocenters. The highest BCUT2D eigenvalue weighted by atomic mass is 16.6. The number of aromatic nitrogens is 3. The summed E-state index contributed by atoms with van der Waals surface area (Å²) in [6, 6.07) is 14.0. The minimum atomic E-state index is -0.404. The van der Waals surface area contributed by atoms with Crippen LogP contribution in [-0.4, -0.2) is 25.4 Å². The molecule has 0 aliphatic heterocycles. The minimum Gasteiger partial charge on any atom is -0.366 e. The van der Waals surface area contributed by atoms with Gasteiger partial charge in [0.2, 0.25) is 5.95 Å². The average Bonchev–Trinajstić information content (AvgIpc) is 2.66. The Morgan fingerprint density at radius 3 is 2.54 bits per heavy atom. The summed E-state index contributed by atoms with van der Waals surface area (Å²) >= 11 is 0. The van der Waals surface area contributed by atoms with E-state index in [0.717, 1.165) is 11.3 Å². The Hall–Kier alpha value is -3.55. The number of anilines is 2. The van der Waals surface area contributed by atoms with Crippen LogP contribution in [0.25, 0.3) is 11.4 Å². The van der Waals surface area contributed by atoms with E-state index in [2.05, 4.69) is 25.6 Å². The summed E-state index contributed by atoms with van der Waals surface area (Å²) in [7, 11) is 0. The van der Waals surface area contributed by atoms with Crippen molar-refractivity contribution in [3.05, 3.63) is 70.4 Å². The number of nitrogens with one attached hydrogen (secondary N) is 2. The third kappa shape index (κ3) is 5.23. The summed E-state index contributed by atoms with van der Waals surface area (Å²) in [5.74, 6) is 1.09. The van der Waals surface area contributed by atoms with Crippen molar-refractivity contribution in [2.45, 2.75) is 32.9 Å². The third-order valence-corrected chi connectivity index (χ3v) is 3.74. The molecule has 1 aromatic carbocycles. The molecular formula is C20H22N6O2. The maximum atomic E-state index is 11.0. The molecule has 0 unspecified atom stereocenters. The second-order valence-electron chi connectivity index (χ2n) is 7.33. The molecule has 2 heterocycles. The molecule has 8 nitrogen and oxygen atoms in total. The monoisotopic (exact) mass is 378 g/mol. The van der Waals surface area contributed by atoms with Crippen LogP contribution < -0.4 is 10.6 Å². The topological polar surface area (TPSA) is 106 Å². The highest BCUT2D eigenvalue weighted by Crippen LogP contribution is 2.22. The molecule has 0 saturated heterocycles. The van der Waals surface area contributed by atoms with Gasteiger partial charge in [0, 0.05) is 36.5 Å². The first-order valence-corrected chi connectivity index (χ1v) is 8.86. The number of pyridine rings is 1. The average molecular weight is 378 g/mol. The highest BCUT2D eigenvalue weighted by Gasteiger charge is 2.14. The van der Waals surface area contributed by atoms with Crippen molar-refractivity contribution in [3.8, 4) is 11.4 Å². The Labute approximate surface area is 163 Å². The van der Waals surface area contributed by atoms with E-state index in [1.54, 1.807) is 18.3 Å². The first-order chi connectivity index (χ1) is 13.3. The highest BCUT2D eigenvalue weighted by molar-refractivity contribution is 5.61. The van der Waals surface area contributed by atoms with E-state index in [1.807, 2.05) is 51.1 Å². The van der Waals surface area contributed by atoms with Gasteiger partial charge in [0.15, 0.2) is 0 Å². The number of nitro benzene ring substituents is 1. The van der Waals surface area contributed by atoms with Gasteiger partial charge in [0.1, 0.15) is 5.82 Å². The van der Waals surface area contributed by atoms with Crippen molar-refractivity contribution in [1.29, 1.82) is 0 Å². The zero-order valence-corrected chi connectivity index (χ0v) is 16.0. The molecule has 0 amide bonds. The van der Waals surface area contributed by atoms with Crippen LogP contribution >= 0.6 is 0 Å². The summed E-state index contributed by atoms with van der Waals surface area (Å²) in [5.41, 5.74) is 2.06. The number of benzene rings is 1.